The first-order valence-corrected chi connectivity index (χ1v) is 8.92. The molecule has 7 nitrogen and oxygen atoms in total. The maximum absolute atomic E-state index is 11.2. The van der Waals surface area contributed by atoms with Gasteiger partial charge in [0.25, 0.3) is 0 Å². The van der Waals surface area contributed by atoms with Crippen LogP contribution in [0.15, 0.2) is 47.8 Å². The molecule has 2 heterocycles. The Balaban J connectivity index is 1.77. The molecule has 0 spiro atoms. The Morgan fingerprint density at radius 2 is 2.11 bits per heavy atom. The number of carboxylic acid groups (broad SMARTS) is 1. The molecular weight excluding hydrogens is 372 g/mol. The number of ether oxygens (including phenoxy) is 2. The van der Waals surface area contributed by atoms with Crippen LogP contribution in [0.5, 0.6) is 5.75 Å². The van der Waals surface area contributed by atoms with Crippen LogP contribution >= 0.6 is 11.6 Å². The zero-order valence-electron chi connectivity index (χ0n) is 14.5. The van der Waals surface area contributed by atoms with E-state index >= 15 is 0 Å². The number of hydrogen-bond acceptors (Lipinski definition) is 6. The normalized spacial score (nSPS) is 17.4. The Kier molecular flexibility index (Phi) is 6.62. The highest BCUT2D eigenvalue weighted by Gasteiger charge is 2.17. The second kappa shape index (κ2) is 9.34. The van der Waals surface area contributed by atoms with Gasteiger partial charge >= 0.3 is 5.97 Å². The molecular formula is C19H19ClN2O5. The van der Waals surface area contributed by atoms with E-state index in [9.17, 15) is 9.90 Å². The lowest BCUT2D eigenvalue weighted by Gasteiger charge is -2.20. The van der Waals surface area contributed by atoms with Crippen molar-refractivity contribution in [1.29, 1.82) is 0 Å². The zero-order chi connectivity index (χ0) is 19.1. The lowest BCUT2D eigenvalue weighted by atomic mass is 10.2. The molecule has 3 rings (SSSR count). The Labute approximate surface area is 161 Å². The van der Waals surface area contributed by atoms with E-state index in [4.69, 9.17) is 25.9 Å². The Bertz CT molecular complexity index is 804. The van der Waals surface area contributed by atoms with Gasteiger partial charge in [-0.1, -0.05) is 16.8 Å². The van der Waals surface area contributed by atoms with Crippen molar-refractivity contribution in [2.24, 2.45) is 5.16 Å². The molecule has 1 fully saturated rings. The summed E-state index contributed by atoms with van der Waals surface area (Å²) in [6, 6.07) is 9.72. The van der Waals surface area contributed by atoms with Gasteiger partial charge in [-0.3, -0.25) is 4.98 Å². The molecule has 0 amide bonds. The van der Waals surface area contributed by atoms with Crippen LogP contribution in [-0.4, -0.2) is 41.3 Å². The molecule has 8 heteroatoms. The van der Waals surface area contributed by atoms with Crippen molar-refractivity contribution < 1.29 is 24.2 Å². The first-order valence-electron chi connectivity index (χ1n) is 8.54. The summed E-state index contributed by atoms with van der Waals surface area (Å²) < 4.78 is 11.2. The van der Waals surface area contributed by atoms with E-state index in [0.717, 1.165) is 19.3 Å². The van der Waals surface area contributed by atoms with E-state index in [1.807, 2.05) is 0 Å². The average Bonchev–Trinajstić information content (AvgIpc) is 2.70. The number of aromatic carboxylic acids is 1. The van der Waals surface area contributed by atoms with E-state index in [1.165, 1.54) is 18.3 Å². The van der Waals surface area contributed by atoms with Crippen LogP contribution in [0.3, 0.4) is 0 Å². The number of oxime groups is 1. The molecule has 1 saturated heterocycles. The third kappa shape index (κ3) is 5.67. The van der Waals surface area contributed by atoms with Gasteiger partial charge in [0, 0.05) is 17.6 Å². The Morgan fingerprint density at radius 3 is 2.81 bits per heavy atom. The molecule has 1 aliphatic heterocycles. The zero-order valence-corrected chi connectivity index (χ0v) is 15.3. The van der Waals surface area contributed by atoms with Gasteiger partial charge in [-0.2, -0.15) is 0 Å². The number of carbonyl (C=O) groups is 1. The summed E-state index contributed by atoms with van der Waals surface area (Å²) in [5, 5.41) is 13.9. The molecule has 0 bridgehead atoms. The number of hydrogen-bond donors (Lipinski definition) is 1. The van der Waals surface area contributed by atoms with E-state index in [-0.39, 0.29) is 12.2 Å². The smallest absolute Gasteiger partial charge is 0.335 e. The molecule has 0 saturated carbocycles. The molecule has 1 atom stereocenters. The van der Waals surface area contributed by atoms with Gasteiger partial charge < -0.3 is 19.4 Å². The Hall–Kier alpha value is -2.64. The monoisotopic (exact) mass is 390 g/mol. The van der Waals surface area contributed by atoms with Crippen molar-refractivity contribution in [3.8, 4) is 5.75 Å². The van der Waals surface area contributed by atoms with Crippen molar-refractivity contribution in [2.75, 3.05) is 13.2 Å². The van der Waals surface area contributed by atoms with E-state index in [1.54, 1.807) is 24.3 Å². The largest absolute Gasteiger partial charge is 0.487 e. The molecule has 2 aromatic rings. The van der Waals surface area contributed by atoms with E-state index in [2.05, 4.69) is 10.1 Å². The van der Waals surface area contributed by atoms with Crippen LogP contribution in [-0.2, 0) is 9.57 Å². The lowest BCUT2D eigenvalue weighted by Crippen LogP contribution is -2.22. The number of benzene rings is 1. The number of pyridine rings is 1. The van der Waals surface area contributed by atoms with Crippen molar-refractivity contribution in [1.82, 2.24) is 4.98 Å². The van der Waals surface area contributed by atoms with Crippen LogP contribution in [0, 0.1) is 0 Å². The van der Waals surface area contributed by atoms with Gasteiger partial charge in [0.1, 0.15) is 18.1 Å². The number of halogens is 1. The number of rotatable bonds is 7. The molecule has 0 aliphatic carbocycles. The summed E-state index contributed by atoms with van der Waals surface area (Å²) in [4.78, 5) is 20.9. The molecule has 1 aromatic heterocycles. The lowest BCUT2D eigenvalue weighted by molar-refractivity contribution is -0.162. The summed E-state index contributed by atoms with van der Waals surface area (Å²) in [5.74, 6) is -0.455. The van der Waals surface area contributed by atoms with Crippen molar-refractivity contribution in [3.05, 3.63) is 58.9 Å². The van der Waals surface area contributed by atoms with Crippen molar-refractivity contribution >= 4 is 23.3 Å². The average molecular weight is 391 g/mol. The van der Waals surface area contributed by atoms with Gasteiger partial charge in [-0.25, -0.2) is 4.79 Å². The number of aromatic nitrogens is 1. The molecule has 1 unspecified atom stereocenters. The minimum Gasteiger partial charge on any atom is -0.487 e. The van der Waals surface area contributed by atoms with E-state index < -0.39 is 12.3 Å². The van der Waals surface area contributed by atoms with Crippen LogP contribution in [0.2, 0.25) is 5.02 Å². The van der Waals surface area contributed by atoms with Crippen molar-refractivity contribution in [3.63, 3.8) is 0 Å². The van der Waals surface area contributed by atoms with Gasteiger partial charge in [-0.15, -0.1) is 0 Å². The molecule has 1 aliphatic rings. The van der Waals surface area contributed by atoms with Crippen molar-refractivity contribution in [2.45, 2.75) is 25.6 Å². The summed E-state index contributed by atoms with van der Waals surface area (Å²) in [6.07, 6.45) is 3.74. The van der Waals surface area contributed by atoms with Crippen LogP contribution in [0.1, 0.15) is 35.3 Å². The maximum Gasteiger partial charge on any atom is 0.335 e. The SMILES string of the molecule is O=C(O)c1ccnc(/C(COc2ccc(Cl)cc2)=N/OC2CCCCO2)c1. The van der Waals surface area contributed by atoms with Gasteiger partial charge in [0.05, 0.1) is 17.9 Å². The Morgan fingerprint density at radius 1 is 1.30 bits per heavy atom. The van der Waals surface area contributed by atoms with Crippen LogP contribution in [0.25, 0.3) is 0 Å². The van der Waals surface area contributed by atoms with Crippen LogP contribution in [0.4, 0.5) is 0 Å². The van der Waals surface area contributed by atoms with E-state index in [0.29, 0.717) is 28.8 Å². The molecule has 142 valence electrons. The third-order valence-electron chi connectivity index (χ3n) is 3.91. The minimum absolute atomic E-state index is 0.0461. The third-order valence-corrected chi connectivity index (χ3v) is 4.16. The second-order valence-corrected chi connectivity index (χ2v) is 6.35. The molecule has 1 N–H and O–H groups in total. The standard InChI is InChI=1S/C19H19ClN2O5/c20-14-4-6-15(7-5-14)26-12-17(22-27-18-3-1-2-10-25-18)16-11-13(19(23)24)8-9-21-16/h4-9,11,18H,1-3,10,12H2,(H,23,24)/b22-17+. The maximum atomic E-state index is 11.2. The summed E-state index contributed by atoms with van der Waals surface area (Å²) in [6.45, 7) is 0.675. The predicted molar refractivity (Wildman–Crippen MR) is 99.4 cm³/mol. The summed E-state index contributed by atoms with van der Waals surface area (Å²) in [7, 11) is 0. The molecule has 27 heavy (non-hydrogen) atoms. The van der Waals surface area contributed by atoms with Gasteiger partial charge in [0.15, 0.2) is 0 Å². The van der Waals surface area contributed by atoms with Gasteiger partial charge in [-0.05, 0) is 49.2 Å². The first kappa shape index (κ1) is 19.1. The summed E-state index contributed by atoms with van der Waals surface area (Å²) >= 11 is 5.87. The first-order chi connectivity index (χ1) is 13.1. The highest BCUT2D eigenvalue weighted by Crippen LogP contribution is 2.17. The fourth-order valence-corrected chi connectivity index (χ4v) is 2.59. The summed E-state index contributed by atoms with van der Waals surface area (Å²) in [5.41, 5.74) is 0.829. The topological polar surface area (TPSA) is 90.2 Å². The fraction of sp³-hybridized carbons (Fsp3) is 0.316. The highest BCUT2D eigenvalue weighted by molar-refractivity contribution is 6.30. The van der Waals surface area contributed by atoms with Crippen LogP contribution < -0.4 is 4.74 Å². The number of nitrogens with zero attached hydrogens (tertiary/aromatic N) is 2. The highest BCUT2D eigenvalue weighted by atomic mass is 35.5. The molecule has 1 aromatic carbocycles. The second-order valence-electron chi connectivity index (χ2n) is 5.92. The molecule has 0 radical (unpaired) electrons. The fourth-order valence-electron chi connectivity index (χ4n) is 2.47. The number of carboxylic acids is 1. The quantitative estimate of drug-likeness (QED) is 0.571. The predicted octanol–water partition coefficient (Wildman–Crippen LogP) is 3.76. The van der Waals surface area contributed by atoms with Gasteiger partial charge in [0.2, 0.25) is 6.29 Å². The minimum atomic E-state index is -1.05.